The zero-order valence-electron chi connectivity index (χ0n) is 34.1. The molecule has 0 aliphatic heterocycles. The number of ether oxygens (including phenoxy) is 3. The van der Waals surface area contributed by atoms with E-state index in [2.05, 4.69) is 34.3 Å². The van der Waals surface area contributed by atoms with Crippen molar-refractivity contribution >= 4 is 35.6 Å². The van der Waals surface area contributed by atoms with Gasteiger partial charge in [0.25, 0.3) is 0 Å². The van der Waals surface area contributed by atoms with Gasteiger partial charge in [0.15, 0.2) is 0 Å². The molecule has 0 saturated carbocycles. The molecule has 55 heavy (non-hydrogen) atoms. The van der Waals surface area contributed by atoms with Gasteiger partial charge in [0.05, 0.1) is 19.5 Å². The summed E-state index contributed by atoms with van der Waals surface area (Å²) in [5.41, 5.74) is -2.60. The molecule has 312 valence electrons. The minimum absolute atomic E-state index is 0.0314. The molecule has 0 saturated heterocycles. The summed E-state index contributed by atoms with van der Waals surface area (Å²) in [6.07, 6.45) is -2.76. The van der Waals surface area contributed by atoms with Crippen LogP contribution in [0.1, 0.15) is 127 Å². The first-order valence-electron chi connectivity index (χ1n) is 18.5. The van der Waals surface area contributed by atoms with Gasteiger partial charge in [-0.25, -0.2) is 0 Å². The largest absolute Gasteiger partial charge is 0.471 e. The Balaban J connectivity index is 5.61. The van der Waals surface area contributed by atoms with Gasteiger partial charge < -0.3 is 30.2 Å². The van der Waals surface area contributed by atoms with Crippen molar-refractivity contribution in [2.24, 2.45) is 0 Å². The summed E-state index contributed by atoms with van der Waals surface area (Å²) in [5.74, 6) is 5.13. The van der Waals surface area contributed by atoms with Crippen molar-refractivity contribution in [3.05, 3.63) is 0 Å². The first kappa shape index (κ1) is 50.7. The van der Waals surface area contributed by atoms with Gasteiger partial charge in [0.2, 0.25) is 11.8 Å². The van der Waals surface area contributed by atoms with Crippen LogP contribution in [0.4, 0.5) is 13.2 Å². The smallest absolute Gasteiger partial charge is 0.459 e. The third-order valence-corrected chi connectivity index (χ3v) is 6.81. The number of hydrogen-bond donors (Lipinski definition) is 3. The fraction of sp³-hybridized carbons (Fsp3) is 0.744. The van der Waals surface area contributed by atoms with Gasteiger partial charge in [-0.15, -0.1) is 0 Å². The summed E-state index contributed by atoms with van der Waals surface area (Å²) >= 11 is 0. The Labute approximate surface area is 324 Å². The monoisotopic (exact) mass is 786 g/mol. The van der Waals surface area contributed by atoms with Gasteiger partial charge >= 0.3 is 30.0 Å². The summed E-state index contributed by atoms with van der Waals surface area (Å²) in [5, 5.41) is 6.90. The first-order valence-corrected chi connectivity index (χ1v) is 18.5. The Bertz CT molecular complexity index is 1380. The van der Waals surface area contributed by atoms with Crippen molar-refractivity contribution in [2.45, 2.75) is 162 Å². The summed E-state index contributed by atoms with van der Waals surface area (Å²) in [7, 11) is 0. The zero-order valence-corrected chi connectivity index (χ0v) is 34.1. The van der Waals surface area contributed by atoms with Gasteiger partial charge in [-0.3, -0.25) is 33.7 Å². The molecule has 0 fully saturated rings. The van der Waals surface area contributed by atoms with E-state index in [1.54, 1.807) is 67.6 Å². The third kappa shape index (κ3) is 27.0. The Morgan fingerprint density at radius 2 is 1.16 bits per heavy atom. The van der Waals surface area contributed by atoms with Crippen LogP contribution in [0.3, 0.4) is 0 Å². The lowest BCUT2D eigenvalue weighted by Gasteiger charge is -2.33. The standard InChI is InChI=1S/C39H61F3N4O9/c1-11-12-13-14-15-16-23-30(47)43-24-19-17-21-28(45-35(52)39(40,41)42)33(50)44-25-20-18-22-29(34(51)55-38(8,9)10)46(26-31(48)53-36(2,3)4)27-32(49)54-37(5,6)7/h28-29H,11-12,17-27H2,1-10H3,(H,43,47)(H,44,50)(H,45,52). The number of alkyl halides is 3. The molecule has 0 aromatic rings. The van der Waals surface area contributed by atoms with Gasteiger partial charge in [-0.1, -0.05) is 18.8 Å². The number of carbonyl (C=O) groups is 6. The van der Waals surface area contributed by atoms with Gasteiger partial charge in [-0.2, -0.15) is 13.2 Å². The molecule has 0 aromatic heterocycles. The van der Waals surface area contributed by atoms with E-state index in [1.807, 2.05) is 6.92 Å². The molecular weight excluding hydrogens is 725 g/mol. The maximum Gasteiger partial charge on any atom is 0.471 e. The number of hydrogen-bond acceptors (Lipinski definition) is 10. The van der Waals surface area contributed by atoms with Crippen molar-refractivity contribution in [2.75, 3.05) is 26.2 Å². The Hall–Kier alpha value is -4.31. The number of amides is 3. The Morgan fingerprint density at radius 1 is 0.673 bits per heavy atom. The second-order valence-corrected chi connectivity index (χ2v) is 15.8. The molecule has 0 rings (SSSR count). The minimum atomic E-state index is -5.21. The first-order chi connectivity index (χ1) is 25.2. The highest BCUT2D eigenvalue weighted by molar-refractivity contribution is 5.89. The van der Waals surface area contributed by atoms with Gasteiger partial charge in [0, 0.05) is 19.5 Å². The minimum Gasteiger partial charge on any atom is -0.459 e. The van der Waals surface area contributed by atoms with Crippen LogP contribution in [0.5, 0.6) is 0 Å². The van der Waals surface area contributed by atoms with Crippen LogP contribution in [0.2, 0.25) is 0 Å². The second-order valence-electron chi connectivity index (χ2n) is 15.8. The molecule has 0 bridgehead atoms. The quantitative estimate of drug-likeness (QED) is 0.0692. The van der Waals surface area contributed by atoms with Crippen molar-refractivity contribution in [3.63, 3.8) is 0 Å². The van der Waals surface area contributed by atoms with E-state index in [4.69, 9.17) is 14.2 Å². The lowest BCUT2D eigenvalue weighted by atomic mass is 10.1. The second kappa shape index (κ2) is 24.3. The van der Waals surface area contributed by atoms with Crippen LogP contribution in [0, 0.1) is 23.7 Å². The number of esters is 3. The van der Waals surface area contributed by atoms with Crippen molar-refractivity contribution in [1.29, 1.82) is 0 Å². The summed E-state index contributed by atoms with van der Waals surface area (Å²) < 4.78 is 55.7. The molecule has 16 heteroatoms. The van der Waals surface area contributed by atoms with Crippen LogP contribution >= 0.6 is 0 Å². The van der Waals surface area contributed by atoms with E-state index in [0.29, 0.717) is 12.8 Å². The van der Waals surface area contributed by atoms with Crippen LogP contribution in [-0.4, -0.2) is 102 Å². The average Bonchev–Trinajstić information content (AvgIpc) is 2.99. The normalized spacial score (nSPS) is 12.8. The highest BCUT2D eigenvalue weighted by Gasteiger charge is 2.41. The highest BCUT2D eigenvalue weighted by Crippen LogP contribution is 2.19. The van der Waals surface area contributed by atoms with Crippen LogP contribution in [-0.2, 0) is 43.0 Å². The van der Waals surface area contributed by atoms with E-state index in [0.717, 1.165) is 6.42 Å². The molecule has 13 nitrogen and oxygen atoms in total. The van der Waals surface area contributed by atoms with Crippen molar-refractivity contribution in [1.82, 2.24) is 20.9 Å². The number of halogens is 3. The molecule has 3 N–H and O–H groups in total. The molecule has 0 spiro atoms. The van der Waals surface area contributed by atoms with E-state index < -0.39 is 77.9 Å². The molecule has 0 radical (unpaired) electrons. The summed E-state index contributed by atoms with van der Waals surface area (Å²) in [4.78, 5) is 77.1. The van der Waals surface area contributed by atoms with E-state index in [9.17, 15) is 41.9 Å². The Kier molecular flexibility index (Phi) is 22.4. The maximum absolute atomic E-state index is 13.4. The lowest BCUT2D eigenvalue weighted by Crippen LogP contribution is -2.51. The molecule has 0 aliphatic carbocycles. The summed E-state index contributed by atoms with van der Waals surface area (Å²) in [6.45, 7) is 16.3. The van der Waals surface area contributed by atoms with Crippen molar-refractivity contribution in [3.8, 4) is 23.7 Å². The van der Waals surface area contributed by atoms with E-state index in [-0.39, 0.29) is 57.5 Å². The highest BCUT2D eigenvalue weighted by atomic mass is 19.4. The molecule has 2 unspecified atom stereocenters. The van der Waals surface area contributed by atoms with Gasteiger partial charge in [-0.05, 0) is 119 Å². The number of nitrogens with zero attached hydrogens (tertiary/aromatic N) is 1. The predicted octanol–water partition coefficient (Wildman–Crippen LogP) is 4.50. The van der Waals surface area contributed by atoms with Crippen LogP contribution in [0.25, 0.3) is 0 Å². The third-order valence-electron chi connectivity index (χ3n) is 6.81. The Morgan fingerprint density at radius 3 is 1.65 bits per heavy atom. The SMILES string of the molecule is CCCC#CC#CCC(=O)NCCCCC(NC(=O)C(F)(F)F)C(=O)NCCCCC(C(=O)OC(C)(C)C)N(CC(=O)OC(C)(C)C)CC(=O)OC(C)(C)C. The molecule has 2 atom stereocenters. The van der Waals surface area contributed by atoms with Crippen LogP contribution < -0.4 is 16.0 Å². The molecule has 0 heterocycles. The average molecular weight is 787 g/mol. The zero-order chi connectivity index (χ0) is 42.5. The van der Waals surface area contributed by atoms with E-state index >= 15 is 0 Å². The lowest BCUT2D eigenvalue weighted by molar-refractivity contribution is -0.174. The summed E-state index contributed by atoms with van der Waals surface area (Å²) in [6, 6.07) is -2.62. The fourth-order valence-electron chi connectivity index (χ4n) is 4.65. The number of rotatable bonds is 20. The maximum atomic E-state index is 13.4. The molecule has 3 amide bonds. The molecule has 0 aliphatic rings. The fourth-order valence-corrected chi connectivity index (χ4v) is 4.65. The number of carbonyl (C=O) groups excluding carboxylic acids is 6. The number of unbranched alkanes of at least 4 members (excludes halogenated alkanes) is 3. The van der Waals surface area contributed by atoms with Crippen molar-refractivity contribution < 1.29 is 56.1 Å². The van der Waals surface area contributed by atoms with Crippen LogP contribution in [0.15, 0.2) is 0 Å². The topological polar surface area (TPSA) is 169 Å². The molecule has 0 aromatic carbocycles. The predicted molar refractivity (Wildman–Crippen MR) is 200 cm³/mol. The molecular formula is C39H61F3N4O9. The number of nitrogens with one attached hydrogen (secondary N) is 3. The van der Waals surface area contributed by atoms with E-state index in [1.165, 1.54) is 4.90 Å². The van der Waals surface area contributed by atoms with Gasteiger partial charge in [0.1, 0.15) is 28.9 Å².